The highest BCUT2D eigenvalue weighted by Gasteiger charge is 2.34. The number of hydrogen-bond donors (Lipinski definition) is 2. The van der Waals surface area contributed by atoms with E-state index in [1.54, 1.807) is 13.8 Å². The minimum atomic E-state index is -1.36. The molecule has 0 aromatic carbocycles. The first kappa shape index (κ1) is 55.2. The van der Waals surface area contributed by atoms with E-state index in [4.69, 9.17) is 9.47 Å². The van der Waals surface area contributed by atoms with Gasteiger partial charge in [-0.25, -0.2) is 0 Å². The topological polar surface area (TPSA) is 102 Å². The molecule has 0 saturated carbocycles. The maximum atomic E-state index is 12.5. The standard InChI is InChI=1S/C53H79NO6/c1-5-7-9-11-13-15-17-19-21-23-25-27-29-31-33-35-37-39-41-44-49(55)59-47-43-46-54-52(58)51(57)53(3,4)48-60-50(56)45-42-40-38-36-34-32-30-28-26-24-22-20-18-16-14-12-10-8-6-2/h7-10,13-16,19-22,25-28,31-34,37-40,51,57H,5-6,11-12,17-18,23-24,29-30,35-36,41-48H2,1-4H3,(H,54,58)/b9-7-,10-8-,15-13-,16-14-,21-19-,22-20-,27-25-,28-26-,33-31-,34-32-,39-37-,40-38-. The summed E-state index contributed by atoms with van der Waals surface area (Å²) >= 11 is 0. The molecule has 0 fully saturated rings. The van der Waals surface area contributed by atoms with E-state index in [1.807, 2.05) is 24.3 Å². The molecule has 1 atom stereocenters. The van der Waals surface area contributed by atoms with Crippen molar-refractivity contribution in [2.75, 3.05) is 19.8 Å². The molecule has 0 aliphatic rings. The van der Waals surface area contributed by atoms with Crippen molar-refractivity contribution >= 4 is 17.8 Å². The van der Waals surface area contributed by atoms with E-state index in [1.165, 1.54) is 0 Å². The predicted molar refractivity (Wildman–Crippen MR) is 254 cm³/mol. The summed E-state index contributed by atoms with van der Waals surface area (Å²) in [7, 11) is 0. The van der Waals surface area contributed by atoms with E-state index in [2.05, 4.69) is 141 Å². The molecule has 0 saturated heterocycles. The van der Waals surface area contributed by atoms with Crippen molar-refractivity contribution in [1.82, 2.24) is 5.32 Å². The fourth-order valence-corrected chi connectivity index (χ4v) is 5.09. The van der Waals surface area contributed by atoms with Crippen LogP contribution < -0.4 is 5.32 Å². The third-order valence-corrected chi connectivity index (χ3v) is 8.70. The number of aliphatic hydroxyl groups is 1. The summed E-state index contributed by atoms with van der Waals surface area (Å²) in [5.41, 5.74) is -0.970. The summed E-state index contributed by atoms with van der Waals surface area (Å²) in [6.45, 7) is 7.98. The van der Waals surface area contributed by atoms with Gasteiger partial charge in [-0.05, 0) is 96.3 Å². The van der Waals surface area contributed by atoms with Gasteiger partial charge in [-0.2, -0.15) is 0 Å². The Hall–Kier alpha value is -4.75. The van der Waals surface area contributed by atoms with Gasteiger partial charge in [-0.1, -0.05) is 174 Å². The average molecular weight is 826 g/mol. The molecule has 0 bridgehead atoms. The number of rotatable bonds is 36. The SMILES string of the molecule is CC/C=C\C/C=C\C/C=C\C/C=C\C/C=C\C/C=C\CCC(=O)OCCCNC(=O)C(O)C(C)(C)COC(=O)CC/C=C\C/C=C\C/C=C\C/C=C\C/C=C\C/C=C\CC. The maximum Gasteiger partial charge on any atom is 0.306 e. The number of allylic oxidation sites excluding steroid dienone is 24. The second-order valence-corrected chi connectivity index (χ2v) is 14.8. The number of carbonyl (C=O) groups excluding carboxylic acids is 3. The number of ether oxygens (including phenoxy) is 2. The highest BCUT2D eigenvalue weighted by molar-refractivity contribution is 5.81. The molecule has 0 radical (unpaired) electrons. The first-order chi connectivity index (χ1) is 29.2. The van der Waals surface area contributed by atoms with Crippen LogP contribution in [0.4, 0.5) is 0 Å². The van der Waals surface area contributed by atoms with Gasteiger partial charge in [-0.3, -0.25) is 14.4 Å². The second kappa shape index (κ2) is 42.4. The fraction of sp³-hybridized carbons (Fsp3) is 0.491. The number of amides is 1. The molecule has 2 N–H and O–H groups in total. The average Bonchev–Trinajstić information content (AvgIpc) is 3.24. The van der Waals surface area contributed by atoms with E-state index in [0.717, 1.165) is 77.0 Å². The Morgan fingerprint density at radius 3 is 1.12 bits per heavy atom. The third kappa shape index (κ3) is 38.8. The monoisotopic (exact) mass is 826 g/mol. The van der Waals surface area contributed by atoms with Gasteiger partial charge in [0.25, 0.3) is 0 Å². The second-order valence-electron chi connectivity index (χ2n) is 14.8. The van der Waals surface area contributed by atoms with Crippen LogP contribution in [0.1, 0.15) is 137 Å². The Kier molecular flexibility index (Phi) is 39.0. The summed E-state index contributed by atoms with van der Waals surface area (Å²) in [5, 5.41) is 13.3. The van der Waals surface area contributed by atoms with Gasteiger partial charge in [0.15, 0.2) is 0 Å². The zero-order valence-corrected chi connectivity index (χ0v) is 37.6. The third-order valence-electron chi connectivity index (χ3n) is 8.70. The zero-order valence-electron chi connectivity index (χ0n) is 37.6. The van der Waals surface area contributed by atoms with Crippen LogP contribution in [0.15, 0.2) is 146 Å². The van der Waals surface area contributed by atoms with Crippen molar-refractivity contribution in [3.05, 3.63) is 146 Å². The van der Waals surface area contributed by atoms with Crippen molar-refractivity contribution in [3.8, 4) is 0 Å². The Bertz CT molecular complexity index is 1460. The molecule has 0 aromatic rings. The number of carbonyl (C=O) groups is 3. The molecular formula is C53H79NO6. The lowest BCUT2D eigenvalue weighted by Gasteiger charge is -2.29. The van der Waals surface area contributed by atoms with E-state index < -0.39 is 17.4 Å². The molecule has 1 amide bonds. The molecule has 332 valence electrons. The lowest BCUT2D eigenvalue weighted by molar-refractivity contribution is -0.153. The van der Waals surface area contributed by atoms with E-state index in [-0.39, 0.29) is 38.1 Å². The normalized spacial score (nSPS) is 13.8. The van der Waals surface area contributed by atoms with Gasteiger partial charge in [0.2, 0.25) is 5.91 Å². The lowest BCUT2D eigenvalue weighted by Crippen LogP contribution is -2.46. The van der Waals surface area contributed by atoms with Crippen molar-refractivity contribution in [3.63, 3.8) is 0 Å². The molecule has 0 aromatic heterocycles. The molecule has 1 unspecified atom stereocenters. The van der Waals surface area contributed by atoms with Gasteiger partial charge in [0, 0.05) is 24.8 Å². The summed E-state index contributed by atoms with van der Waals surface area (Å²) in [4.78, 5) is 36.8. The van der Waals surface area contributed by atoms with Crippen molar-refractivity contribution in [2.24, 2.45) is 5.41 Å². The van der Waals surface area contributed by atoms with Crippen molar-refractivity contribution < 1.29 is 29.0 Å². The predicted octanol–water partition coefficient (Wildman–Crippen LogP) is 12.9. The maximum absolute atomic E-state index is 12.5. The number of hydrogen-bond acceptors (Lipinski definition) is 6. The smallest absolute Gasteiger partial charge is 0.306 e. The van der Waals surface area contributed by atoms with Crippen LogP contribution in [0.25, 0.3) is 0 Å². The van der Waals surface area contributed by atoms with Gasteiger partial charge >= 0.3 is 11.9 Å². The molecule has 7 heteroatoms. The lowest BCUT2D eigenvalue weighted by atomic mass is 9.87. The number of esters is 2. The summed E-state index contributed by atoms with van der Waals surface area (Å²) in [5.74, 6) is -1.22. The Labute approximate surface area is 364 Å². The van der Waals surface area contributed by atoms with Crippen LogP contribution in [0, 0.1) is 5.41 Å². The van der Waals surface area contributed by atoms with Crippen LogP contribution >= 0.6 is 0 Å². The minimum Gasteiger partial charge on any atom is -0.466 e. The molecule has 0 aliphatic carbocycles. The minimum absolute atomic E-state index is 0.0848. The van der Waals surface area contributed by atoms with Gasteiger partial charge in [-0.15, -0.1) is 0 Å². The van der Waals surface area contributed by atoms with E-state index >= 15 is 0 Å². The molecular weight excluding hydrogens is 747 g/mol. The largest absolute Gasteiger partial charge is 0.466 e. The fourth-order valence-electron chi connectivity index (χ4n) is 5.09. The van der Waals surface area contributed by atoms with Gasteiger partial charge < -0.3 is 19.9 Å². The van der Waals surface area contributed by atoms with Crippen LogP contribution in [-0.4, -0.2) is 48.8 Å². The Morgan fingerprint density at radius 1 is 0.483 bits per heavy atom. The highest BCUT2D eigenvalue weighted by Crippen LogP contribution is 2.22. The zero-order chi connectivity index (χ0) is 44.0. The molecule has 0 aliphatic heterocycles. The van der Waals surface area contributed by atoms with E-state index in [0.29, 0.717) is 25.7 Å². The highest BCUT2D eigenvalue weighted by atomic mass is 16.5. The Morgan fingerprint density at radius 2 is 0.783 bits per heavy atom. The summed E-state index contributed by atoms with van der Waals surface area (Å²) < 4.78 is 10.6. The quantitative estimate of drug-likeness (QED) is 0.0371. The first-order valence-corrected chi connectivity index (χ1v) is 22.3. The van der Waals surface area contributed by atoms with Crippen LogP contribution in [0.5, 0.6) is 0 Å². The number of nitrogens with one attached hydrogen (secondary N) is 1. The van der Waals surface area contributed by atoms with Gasteiger partial charge in [0.05, 0.1) is 13.2 Å². The first-order valence-electron chi connectivity index (χ1n) is 22.3. The summed E-state index contributed by atoms with van der Waals surface area (Å²) in [6, 6.07) is 0. The summed E-state index contributed by atoms with van der Waals surface area (Å²) in [6.07, 6.45) is 63.6. The van der Waals surface area contributed by atoms with Crippen molar-refractivity contribution in [1.29, 1.82) is 0 Å². The molecule has 60 heavy (non-hydrogen) atoms. The van der Waals surface area contributed by atoms with Gasteiger partial charge in [0.1, 0.15) is 6.10 Å². The van der Waals surface area contributed by atoms with Crippen LogP contribution in [-0.2, 0) is 23.9 Å². The van der Waals surface area contributed by atoms with Crippen molar-refractivity contribution in [2.45, 2.75) is 143 Å². The Balaban J connectivity index is 3.95. The molecule has 0 spiro atoms. The van der Waals surface area contributed by atoms with Crippen LogP contribution in [0.2, 0.25) is 0 Å². The molecule has 0 heterocycles. The molecule has 0 rings (SSSR count). The number of aliphatic hydroxyl groups excluding tert-OH is 1. The van der Waals surface area contributed by atoms with E-state index in [9.17, 15) is 19.5 Å². The molecule has 7 nitrogen and oxygen atoms in total. The van der Waals surface area contributed by atoms with Crippen LogP contribution in [0.3, 0.4) is 0 Å².